The van der Waals surface area contributed by atoms with Gasteiger partial charge in [-0.1, -0.05) is 18.2 Å². The molecule has 0 bridgehead atoms. The van der Waals surface area contributed by atoms with Crippen LogP contribution in [0.2, 0.25) is 0 Å². The Labute approximate surface area is 121 Å². The molecule has 0 saturated carbocycles. The molecule has 20 heavy (non-hydrogen) atoms. The number of hydrogen-bond donors (Lipinski definition) is 0. The van der Waals surface area contributed by atoms with E-state index in [0.29, 0.717) is 5.56 Å². The number of hydrogen-bond acceptors (Lipinski definition) is 2. The molecule has 0 fully saturated rings. The van der Waals surface area contributed by atoms with Crippen LogP contribution in [0, 0.1) is 5.82 Å². The van der Waals surface area contributed by atoms with E-state index in [2.05, 4.69) is 11.4 Å². The summed E-state index contributed by atoms with van der Waals surface area (Å²) < 4.78 is 13.6. The van der Waals surface area contributed by atoms with Crippen molar-refractivity contribution < 1.29 is 9.18 Å². The smallest absolute Gasteiger partial charge is 0.227 e. The van der Waals surface area contributed by atoms with Gasteiger partial charge in [0.1, 0.15) is 5.82 Å². The summed E-state index contributed by atoms with van der Waals surface area (Å²) in [4.78, 5) is 15.7. The molecule has 4 heteroatoms. The molecule has 2 nitrogen and oxygen atoms in total. The van der Waals surface area contributed by atoms with Crippen LogP contribution < -0.4 is 0 Å². The second-order valence-electron chi connectivity index (χ2n) is 5.08. The van der Waals surface area contributed by atoms with Gasteiger partial charge in [0.25, 0.3) is 0 Å². The van der Waals surface area contributed by atoms with Crippen molar-refractivity contribution in [2.45, 2.75) is 25.8 Å². The first-order valence-electron chi connectivity index (χ1n) is 6.76. The van der Waals surface area contributed by atoms with Gasteiger partial charge in [0.15, 0.2) is 0 Å². The maximum atomic E-state index is 13.6. The molecule has 1 aliphatic heterocycles. The molecule has 0 saturated heterocycles. The van der Waals surface area contributed by atoms with Crippen LogP contribution in [-0.4, -0.2) is 17.4 Å². The van der Waals surface area contributed by atoms with Gasteiger partial charge >= 0.3 is 0 Å². The molecule has 1 aromatic carbocycles. The van der Waals surface area contributed by atoms with E-state index in [1.54, 1.807) is 29.5 Å². The van der Waals surface area contributed by atoms with Gasteiger partial charge in [-0.2, -0.15) is 0 Å². The van der Waals surface area contributed by atoms with E-state index < -0.39 is 0 Å². The fourth-order valence-corrected chi connectivity index (χ4v) is 3.72. The number of carbonyl (C=O) groups is 1. The van der Waals surface area contributed by atoms with Gasteiger partial charge in [-0.15, -0.1) is 11.3 Å². The fraction of sp³-hybridized carbons (Fsp3) is 0.312. The minimum Gasteiger partial charge on any atom is -0.335 e. The van der Waals surface area contributed by atoms with Crippen LogP contribution in [0.4, 0.5) is 4.39 Å². The summed E-state index contributed by atoms with van der Waals surface area (Å²) in [5.41, 5.74) is 1.71. The first-order valence-corrected chi connectivity index (χ1v) is 7.64. The number of rotatable bonds is 2. The van der Waals surface area contributed by atoms with Crippen molar-refractivity contribution in [2.75, 3.05) is 6.54 Å². The summed E-state index contributed by atoms with van der Waals surface area (Å²) in [6.07, 6.45) is 1.04. The number of amides is 1. The van der Waals surface area contributed by atoms with Gasteiger partial charge in [0.05, 0.1) is 12.5 Å². The Morgan fingerprint density at radius 2 is 2.20 bits per heavy atom. The molecule has 1 atom stereocenters. The third kappa shape index (κ3) is 2.36. The topological polar surface area (TPSA) is 20.3 Å². The Morgan fingerprint density at radius 1 is 1.40 bits per heavy atom. The Balaban J connectivity index is 1.77. The van der Waals surface area contributed by atoms with Crippen molar-refractivity contribution >= 4 is 17.2 Å². The number of fused-ring (bicyclic) bond motifs is 1. The largest absolute Gasteiger partial charge is 0.335 e. The maximum Gasteiger partial charge on any atom is 0.227 e. The summed E-state index contributed by atoms with van der Waals surface area (Å²) in [5.74, 6) is -0.304. The van der Waals surface area contributed by atoms with Crippen LogP contribution >= 0.6 is 11.3 Å². The first kappa shape index (κ1) is 13.3. The summed E-state index contributed by atoms with van der Waals surface area (Å²) in [7, 11) is 0. The van der Waals surface area contributed by atoms with E-state index in [9.17, 15) is 9.18 Å². The zero-order valence-electron chi connectivity index (χ0n) is 11.3. The highest BCUT2D eigenvalue weighted by atomic mass is 32.1. The Bertz CT molecular complexity index is 637. The van der Waals surface area contributed by atoms with Crippen molar-refractivity contribution in [1.29, 1.82) is 0 Å². The van der Waals surface area contributed by atoms with Crippen molar-refractivity contribution in [3.8, 4) is 0 Å². The summed E-state index contributed by atoms with van der Waals surface area (Å²) in [6.45, 7) is 2.77. The second-order valence-corrected chi connectivity index (χ2v) is 6.08. The molecular weight excluding hydrogens is 273 g/mol. The van der Waals surface area contributed by atoms with E-state index in [0.717, 1.165) is 13.0 Å². The molecule has 1 unspecified atom stereocenters. The minimum absolute atomic E-state index is 0.000509. The molecule has 0 aliphatic carbocycles. The van der Waals surface area contributed by atoms with Crippen molar-refractivity contribution in [2.24, 2.45) is 0 Å². The third-order valence-electron chi connectivity index (χ3n) is 3.90. The highest BCUT2D eigenvalue weighted by Crippen LogP contribution is 2.33. The summed E-state index contributed by atoms with van der Waals surface area (Å²) >= 11 is 1.75. The van der Waals surface area contributed by atoms with Gasteiger partial charge in [0, 0.05) is 11.4 Å². The van der Waals surface area contributed by atoms with E-state index in [-0.39, 0.29) is 24.2 Å². The highest BCUT2D eigenvalue weighted by Gasteiger charge is 2.28. The van der Waals surface area contributed by atoms with E-state index in [1.165, 1.54) is 16.5 Å². The first-order chi connectivity index (χ1) is 9.66. The predicted octanol–water partition coefficient (Wildman–Crippen LogP) is 3.58. The van der Waals surface area contributed by atoms with Crippen molar-refractivity contribution in [1.82, 2.24) is 4.90 Å². The van der Waals surface area contributed by atoms with E-state index in [1.807, 2.05) is 11.8 Å². The number of halogens is 1. The predicted molar refractivity (Wildman–Crippen MR) is 78.3 cm³/mol. The number of carbonyl (C=O) groups excluding carboxylic acids is 1. The molecule has 2 heterocycles. The Morgan fingerprint density at radius 3 is 3.00 bits per heavy atom. The van der Waals surface area contributed by atoms with Gasteiger partial charge in [-0.25, -0.2) is 4.39 Å². The summed E-state index contributed by atoms with van der Waals surface area (Å²) in [5, 5.41) is 2.08. The van der Waals surface area contributed by atoms with Crippen LogP contribution in [0.5, 0.6) is 0 Å². The van der Waals surface area contributed by atoms with Crippen molar-refractivity contribution in [3.63, 3.8) is 0 Å². The molecule has 2 aromatic rings. The second kappa shape index (κ2) is 5.37. The van der Waals surface area contributed by atoms with Gasteiger partial charge in [0.2, 0.25) is 5.91 Å². The van der Waals surface area contributed by atoms with Crippen LogP contribution in [-0.2, 0) is 17.6 Å². The fourth-order valence-electron chi connectivity index (χ4n) is 2.76. The zero-order valence-corrected chi connectivity index (χ0v) is 12.1. The van der Waals surface area contributed by atoms with Gasteiger partial charge in [-0.05, 0) is 42.0 Å². The van der Waals surface area contributed by atoms with Crippen LogP contribution in [0.3, 0.4) is 0 Å². The Hall–Kier alpha value is -1.68. The van der Waals surface area contributed by atoms with Crippen LogP contribution in [0.1, 0.15) is 29.0 Å². The summed E-state index contributed by atoms with van der Waals surface area (Å²) in [6, 6.07) is 8.67. The van der Waals surface area contributed by atoms with Gasteiger partial charge < -0.3 is 4.90 Å². The van der Waals surface area contributed by atoms with Gasteiger partial charge in [-0.3, -0.25) is 4.79 Å². The minimum atomic E-state index is -0.304. The molecule has 0 N–H and O–H groups in total. The quantitative estimate of drug-likeness (QED) is 0.827. The molecule has 0 radical (unpaired) electrons. The molecule has 1 aliphatic rings. The van der Waals surface area contributed by atoms with Crippen molar-refractivity contribution in [3.05, 3.63) is 57.5 Å². The molecule has 3 rings (SSSR count). The monoisotopic (exact) mass is 289 g/mol. The average molecular weight is 289 g/mol. The molecule has 0 spiro atoms. The molecule has 1 amide bonds. The number of benzene rings is 1. The van der Waals surface area contributed by atoms with E-state index >= 15 is 0 Å². The third-order valence-corrected chi connectivity index (χ3v) is 4.89. The SMILES string of the molecule is CC1c2ccsc2CCN1C(=O)Cc1ccccc1F. The normalized spacial score (nSPS) is 17.9. The highest BCUT2D eigenvalue weighted by molar-refractivity contribution is 7.10. The molecular formula is C16H16FNOS. The molecule has 1 aromatic heterocycles. The van der Waals surface area contributed by atoms with E-state index in [4.69, 9.17) is 0 Å². The average Bonchev–Trinajstić information content (AvgIpc) is 2.91. The number of nitrogens with zero attached hydrogens (tertiary/aromatic N) is 1. The zero-order chi connectivity index (χ0) is 14.1. The van der Waals surface area contributed by atoms with Crippen LogP contribution in [0.25, 0.3) is 0 Å². The number of thiophene rings is 1. The standard InChI is InChI=1S/C16H16FNOS/c1-11-13-7-9-20-15(13)6-8-18(11)16(19)10-12-4-2-3-5-14(12)17/h2-5,7,9,11H,6,8,10H2,1H3. The Kier molecular flexibility index (Phi) is 3.57. The van der Waals surface area contributed by atoms with Crippen LogP contribution in [0.15, 0.2) is 35.7 Å². The lowest BCUT2D eigenvalue weighted by Gasteiger charge is -2.33. The maximum absolute atomic E-state index is 13.6. The lowest BCUT2D eigenvalue weighted by atomic mass is 10.0. The molecule has 104 valence electrons. The lowest BCUT2D eigenvalue weighted by molar-refractivity contribution is -0.133. The lowest BCUT2D eigenvalue weighted by Crippen LogP contribution is -2.39.